The molecular formula is C19H26BrN3. The van der Waals surface area contributed by atoms with Crippen molar-refractivity contribution in [3.8, 4) is 0 Å². The summed E-state index contributed by atoms with van der Waals surface area (Å²) in [7, 11) is 0. The van der Waals surface area contributed by atoms with Gasteiger partial charge in [0.25, 0.3) is 0 Å². The van der Waals surface area contributed by atoms with Crippen molar-refractivity contribution >= 4 is 26.8 Å². The van der Waals surface area contributed by atoms with E-state index in [9.17, 15) is 0 Å². The Hall–Kier alpha value is -0.840. The van der Waals surface area contributed by atoms with E-state index in [0.29, 0.717) is 6.04 Å². The summed E-state index contributed by atoms with van der Waals surface area (Å²) in [6, 6.07) is 7.18. The molecule has 4 heteroatoms. The van der Waals surface area contributed by atoms with Crippen molar-refractivity contribution in [1.82, 2.24) is 15.2 Å². The maximum atomic E-state index is 3.65. The van der Waals surface area contributed by atoms with E-state index in [1.807, 2.05) is 0 Å². The maximum absolute atomic E-state index is 3.65. The summed E-state index contributed by atoms with van der Waals surface area (Å²) in [5, 5.41) is 4.90. The van der Waals surface area contributed by atoms with E-state index >= 15 is 0 Å². The summed E-state index contributed by atoms with van der Waals surface area (Å²) in [6.45, 7) is 4.58. The fourth-order valence-electron chi connectivity index (χ4n) is 4.52. The van der Waals surface area contributed by atoms with Gasteiger partial charge in [0.1, 0.15) is 0 Å². The predicted molar refractivity (Wildman–Crippen MR) is 99.8 cm³/mol. The van der Waals surface area contributed by atoms with E-state index < -0.39 is 0 Å². The molecule has 1 aliphatic carbocycles. The van der Waals surface area contributed by atoms with E-state index in [0.717, 1.165) is 19.0 Å². The van der Waals surface area contributed by atoms with Crippen LogP contribution < -0.4 is 5.32 Å². The minimum Gasteiger partial charge on any atom is -0.361 e. The van der Waals surface area contributed by atoms with E-state index in [-0.39, 0.29) is 0 Å². The highest BCUT2D eigenvalue weighted by Crippen LogP contribution is 2.41. The summed E-state index contributed by atoms with van der Waals surface area (Å²) in [5.41, 5.74) is 2.77. The number of benzene rings is 1. The van der Waals surface area contributed by atoms with Gasteiger partial charge >= 0.3 is 0 Å². The average Bonchev–Trinajstić information content (AvgIpc) is 3.00. The van der Waals surface area contributed by atoms with Crippen molar-refractivity contribution in [2.75, 3.05) is 26.2 Å². The van der Waals surface area contributed by atoms with Crippen LogP contribution >= 0.6 is 15.9 Å². The first-order valence-corrected chi connectivity index (χ1v) is 9.83. The Bertz CT molecular complexity index is 636. The van der Waals surface area contributed by atoms with Crippen molar-refractivity contribution in [2.24, 2.45) is 5.92 Å². The lowest BCUT2D eigenvalue weighted by molar-refractivity contribution is 0.104. The van der Waals surface area contributed by atoms with Gasteiger partial charge < -0.3 is 10.3 Å². The van der Waals surface area contributed by atoms with E-state index in [4.69, 9.17) is 0 Å². The summed E-state index contributed by atoms with van der Waals surface area (Å²) in [4.78, 5) is 6.24. The standard InChI is InChI=1S/C19H26BrN3/c20-15-6-7-18-16(12-15)17(13-22-18)19(14-4-2-1-3-5-14)23-10-8-21-9-11-23/h6-7,12-14,19,21-22H,1-5,8-11H2/t19-/m1/s1. The van der Waals surface area contributed by atoms with Gasteiger partial charge in [-0.15, -0.1) is 0 Å². The van der Waals surface area contributed by atoms with Gasteiger partial charge in [0.2, 0.25) is 0 Å². The smallest absolute Gasteiger partial charge is 0.0458 e. The number of piperazine rings is 1. The number of nitrogens with zero attached hydrogens (tertiary/aromatic N) is 1. The first kappa shape index (κ1) is 15.7. The lowest BCUT2D eigenvalue weighted by atomic mass is 9.80. The Balaban J connectivity index is 1.74. The molecule has 1 aliphatic heterocycles. The SMILES string of the molecule is Brc1ccc2[nH]cc([C@@H](C3CCCCC3)N3CCNCC3)c2c1. The van der Waals surface area contributed by atoms with Crippen molar-refractivity contribution < 1.29 is 0 Å². The topological polar surface area (TPSA) is 31.1 Å². The van der Waals surface area contributed by atoms with Crippen LogP contribution in [0.1, 0.15) is 43.7 Å². The van der Waals surface area contributed by atoms with Crippen LogP contribution in [-0.4, -0.2) is 36.1 Å². The summed E-state index contributed by atoms with van der Waals surface area (Å²) >= 11 is 3.65. The van der Waals surface area contributed by atoms with E-state index in [2.05, 4.69) is 55.5 Å². The number of aromatic nitrogens is 1. The number of nitrogens with one attached hydrogen (secondary N) is 2. The van der Waals surface area contributed by atoms with Gasteiger partial charge in [0.05, 0.1) is 0 Å². The molecule has 1 atom stereocenters. The minimum atomic E-state index is 0.570. The molecule has 0 radical (unpaired) electrons. The molecule has 1 saturated carbocycles. The molecule has 1 aromatic heterocycles. The van der Waals surface area contributed by atoms with Crippen LogP contribution in [0, 0.1) is 5.92 Å². The number of H-pyrrole nitrogens is 1. The third-order valence-corrected chi connectivity index (χ3v) is 6.13. The van der Waals surface area contributed by atoms with Crippen molar-refractivity contribution in [2.45, 2.75) is 38.1 Å². The van der Waals surface area contributed by atoms with Crippen molar-refractivity contribution in [3.05, 3.63) is 34.4 Å². The fraction of sp³-hybridized carbons (Fsp3) is 0.579. The number of halogens is 1. The van der Waals surface area contributed by atoms with Gasteiger partial charge in [0.15, 0.2) is 0 Å². The fourth-order valence-corrected chi connectivity index (χ4v) is 4.88. The molecule has 2 heterocycles. The van der Waals surface area contributed by atoms with Crippen LogP contribution in [0.15, 0.2) is 28.9 Å². The Morgan fingerprint density at radius 2 is 1.87 bits per heavy atom. The Morgan fingerprint density at radius 3 is 2.65 bits per heavy atom. The molecular weight excluding hydrogens is 350 g/mol. The summed E-state index contributed by atoms with van der Waals surface area (Å²) in [6.07, 6.45) is 9.27. The minimum absolute atomic E-state index is 0.570. The molecule has 3 nitrogen and oxygen atoms in total. The summed E-state index contributed by atoms with van der Waals surface area (Å²) < 4.78 is 1.17. The lowest BCUT2D eigenvalue weighted by Gasteiger charge is -2.41. The number of fused-ring (bicyclic) bond motifs is 1. The Kier molecular flexibility index (Phi) is 4.74. The molecule has 0 bridgehead atoms. The molecule has 23 heavy (non-hydrogen) atoms. The van der Waals surface area contributed by atoms with Gasteiger partial charge in [0, 0.05) is 53.8 Å². The quantitative estimate of drug-likeness (QED) is 0.829. The van der Waals surface area contributed by atoms with Gasteiger partial charge in [-0.05, 0) is 42.5 Å². The number of rotatable bonds is 3. The van der Waals surface area contributed by atoms with Crippen molar-refractivity contribution in [3.63, 3.8) is 0 Å². The number of hydrogen-bond donors (Lipinski definition) is 2. The molecule has 124 valence electrons. The first-order chi connectivity index (χ1) is 11.3. The molecule has 4 rings (SSSR count). The largest absolute Gasteiger partial charge is 0.361 e. The third kappa shape index (κ3) is 3.21. The van der Waals surface area contributed by atoms with E-state index in [1.165, 1.54) is 66.1 Å². The van der Waals surface area contributed by atoms with Crippen LogP contribution in [-0.2, 0) is 0 Å². The predicted octanol–water partition coefficient (Wildman–Crippen LogP) is 4.46. The molecule has 0 spiro atoms. The first-order valence-electron chi connectivity index (χ1n) is 9.04. The molecule has 2 aromatic rings. The van der Waals surface area contributed by atoms with Crippen LogP contribution in [0.4, 0.5) is 0 Å². The second kappa shape index (κ2) is 6.96. The average molecular weight is 376 g/mol. The second-order valence-corrected chi connectivity index (χ2v) is 7.98. The Morgan fingerprint density at radius 1 is 1.09 bits per heavy atom. The normalized spacial score (nSPS) is 22.5. The zero-order valence-corrected chi connectivity index (χ0v) is 15.2. The highest BCUT2D eigenvalue weighted by molar-refractivity contribution is 9.10. The zero-order chi connectivity index (χ0) is 15.6. The zero-order valence-electron chi connectivity index (χ0n) is 13.7. The molecule has 2 N–H and O–H groups in total. The van der Waals surface area contributed by atoms with E-state index in [1.54, 1.807) is 0 Å². The summed E-state index contributed by atoms with van der Waals surface area (Å²) in [5.74, 6) is 0.805. The van der Waals surface area contributed by atoms with Crippen LogP contribution in [0.3, 0.4) is 0 Å². The second-order valence-electron chi connectivity index (χ2n) is 7.06. The molecule has 1 saturated heterocycles. The Labute approximate surface area is 147 Å². The molecule has 2 aliphatic rings. The van der Waals surface area contributed by atoms with Crippen LogP contribution in [0.25, 0.3) is 10.9 Å². The highest BCUT2D eigenvalue weighted by Gasteiger charge is 2.32. The van der Waals surface area contributed by atoms with Crippen molar-refractivity contribution in [1.29, 1.82) is 0 Å². The van der Waals surface area contributed by atoms with Gasteiger partial charge in [-0.25, -0.2) is 0 Å². The lowest BCUT2D eigenvalue weighted by Crippen LogP contribution is -2.47. The van der Waals surface area contributed by atoms with Gasteiger partial charge in [-0.2, -0.15) is 0 Å². The van der Waals surface area contributed by atoms with Gasteiger partial charge in [-0.3, -0.25) is 4.90 Å². The maximum Gasteiger partial charge on any atom is 0.0458 e. The third-order valence-electron chi connectivity index (χ3n) is 5.64. The highest BCUT2D eigenvalue weighted by atomic mass is 79.9. The monoisotopic (exact) mass is 375 g/mol. The van der Waals surface area contributed by atoms with Crippen LogP contribution in [0.5, 0.6) is 0 Å². The molecule has 2 fully saturated rings. The molecule has 0 amide bonds. The molecule has 1 aromatic carbocycles. The number of aromatic amines is 1. The molecule has 0 unspecified atom stereocenters. The van der Waals surface area contributed by atoms with Gasteiger partial charge in [-0.1, -0.05) is 35.2 Å². The van der Waals surface area contributed by atoms with Crippen LogP contribution in [0.2, 0.25) is 0 Å². The number of hydrogen-bond acceptors (Lipinski definition) is 2.